The smallest absolute Gasteiger partial charge is 0.146 e. The van der Waals surface area contributed by atoms with Gasteiger partial charge in [0.2, 0.25) is 0 Å². The first-order chi connectivity index (χ1) is 13.2. The number of hydrogen-bond acceptors (Lipinski definition) is 5. The van der Waals surface area contributed by atoms with Gasteiger partial charge in [0, 0.05) is 38.8 Å². The van der Waals surface area contributed by atoms with E-state index < -0.39 is 0 Å². The van der Waals surface area contributed by atoms with Crippen molar-refractivity contribution in [2.24, 2.45) is 0 Å². The van der Waals surface area contributed by atoms with Crippen LogP contribution in [0.5, 0.6) is 0 Å². The molecule has 1 aromatic heterocycles. The number of piperidine rings is 1. The van der Waals surface area contributed by atoms with E-state index in [-0.39, 0.29) is 12.4 Å². The fourth-order valence-corrected chi connectivity index (χ4v) is 4.32. The van der Waals surface area contributed by atoms with Crippen LogP contribution in [0.25, 0.3) is 0 Å². The van der Waals surface area contributed by atoms with E-state index in [1.807, 2.05) is 24.3 Å². The van der Waals surface area contributed by atoms with Crippen molar-refractivity contribution in [3.8, 4) is 0 Å². The Kier molecular flexibility index (Phi) is 5.76. The summed E-state index contributed by atoms with van der Waals surface area (Å²) in [5.74, 6) is 1.42. The highest BCUT2D eigenvalue weighted by molar-refractivity contribution is 5.48. The zero-order chi connectivity index (χ0) is 18.6. The zero-order valence-corrected chi connectivity index (χ0v) is 15.7. The molecule has 0 bridgehead atoms. The molecule has 1 N–H and O–H groups in total. The van der Waals surface area contributed by atoms with Crippen molar-refractivity contribution in [1.82, 2.24) is 9.80 Å². The van der Waals surface area contributed by atoms with E-state index in [2.05, 4.69) is 14.7 Å². The van der Waals surface area contributed by atoms with Crippen LogP contribution in [0.2, 0.25) is 0 Å². The molecule has 0 spiro atoms. The number of hydrogen-bond donors (Lipinski definition) is 1. The van der Waals surface area contributed by atoms with Crippen molar-refractivity contribution >= 4 is 5.69 Å². The van der Waals surface area contributed by atoms with Gasteiger partial charge in [-0.25, -0.2) is 4.39 Å². The molecule has 2 saturated heterocycles. The summed E-state index contributed by atoms with van der Waals surface area (Å²) in [6, 6.07) is 11.4. The van der Waals surface area contributed by atoms with Crippen LogP contribution in [-0.4, -0.2) is 60.2 Å². The molecule has 146 valence electrons. The highest BCUT2D eigenvalue weighted by Crippen LogP contribution is 2.24. The summed E-state index contributed by atoms with van der Waals surface area (Å²) < 4.78 is 19.7. The Labute approximate surface area is 160 Å². The monoisotopic (exact) mass is 373 g/mol. The van der Waals surface area contributed by atoms with Gasteiger partial charge in [-0.3, -0.25) is 9.80 Å². The van der Waals surface area contributed by atoms with Gasteiger partial charge in [0.05, 0.1) is 12.2 Å². The Balaban J connectivity index is 1.31. The molecule has 6 heteroatoms. The summed E-state index contributed by atoms with van der Waals surface area (Å²) in [4.78, 5) is 7.16. The molecule has 5 nitrogen and oxygen atoms in total. The van der Waals surface area contributed by atoms with Gasteiger partial charge in [0.1, 0.15) is 23.9 Å². The molecule has 0 radical (unpaired) electrons. The van der Waals surface area contributed by atoms with Gasteiger partial charge in [-0.1, -0.05) is 12.1 Å². The maximum Gasteiger partial charge on any atom is 0.146 e. The summed E-state index contributed by atoms with van der Waals surface area (Å²) in [6.45, 7) is 6.56. The minimum Gasteiger partial charge on any atom is -0.462 e. The van der Waals surface area contributed by atoms with Gasteiger partial charge < -0.3 is 14.4 Å². The minimum atomic E-state index is -0.129. The topological polar surface area (TPSA) is 43.1 Å². The van der Waals surface area contributed by atoms with E-state index >= 15 is 0 Å². The van der Waals surface area contributed by atoms with Crippen LogP contribution in [0.4, 0.5) is 10.1 Å². The third kappa shape index (κ3) is 4.34. The third-order valence-electron chi connectivity index (χ3n) is 5.76. The zero-order valence-electron chi connectivity index (χ0n) is 15.7. The van der Waals surface area contributed by atoms with Crippen molar-refractivity contribution in [3.05, 3.63) is 53.7 Å². The maximum atomic E-state index is 14.0. The maximum absolute atomic E-state index is 14.0. The van der Waals surface area contributed by atoms with E-state index in [4.69, 9.17) is 9.52 Å². The van der Waals surface area contributed by atoms with Gasteiger partial charge in [-0.2, -0.15) is 0 Å². The Morgan fingerprint density at radius 1 is 1.00 bits per heavy atom. The van der Waals surface area contributed by atoms with Crippen molar-refractivity contribution in [3.63, 3.8) is 0 Å². The summed E-state index contributed by atoms with van der Waals surface area (Å²) in [6.07, 6.45) is 2.40. The van der Waals surface area contributed by atoms with Crippen LogP contribution in [0.3, 0.4) is 0 Å². The quantitative estimate of drug-likeness (QED) is 0.873. The summed E-state index contributed by atoms with van der Waals surface area (Å²) in [5.41, 5.74) is 0.722. The minimum absolute atomic E-state index is 0.0467. The number of aliphatic hydroxyl groups excluding tert-OH is 1. The number of furan rings is 1. The summed E-state index contributed by atoms with van der Waals surface area (Å²) in [7, 11) is 0. The van der Waals surface area contributed by atoms with Gasteiger partial charge in [0.25, 0.3) is 0 Å². The van der Waals surface area contributed by atoms with Gasteiger partial charge in [-0.15, -0.1) is 0 Å². The standard InChI is InChI=1S/C21H28FN3O2/c22-20-5-1-2-6-21(20)25-12-10-24(11-13-25)17-4-3-9-23(14-17)15-18-7-8-19(16-26)27-18/h1-2,5-8,17,26H,3-4,9-16H2/t17-/m1/s1. The number of aliphatic hydroxyl groups is 1. The number of benzene rings is 1. The van der Waals surface area contributed by atoms with E-state index in [1.54, 1.807) is 6.07 Å². The molecule has 27 heavy (non-hydrogen) atoms. The molecule has 1 atom stereocenters. The van der Waals surface area contributed by atoms with Crippen molar-refractivity contribution in [1.29, 1.82) is 0 Å². The van der Waals surface area contributed by atoms with Crippen LogP contribution < -0.4 is 4.90 Å². The van der Waals surface area contributed by atoms with E-state index in [0.29, 0.717) is 11.8 Å². The molecule has 0 unspecified atom stereocenters. The lowest BCUT2D eigenvalue weighted by atomic mass is 10.0. The van der Waals surface area contributed by atoms with Crippen molar-refractivity contribution < 1.29 is 13.9 Å². The lowest BCUT2D eigenvalue weighted by Gasteiger charge is -2.43. The first-order valence-electron chi connectivity index (χ1n) is 9.87. The van der Waals surface area contributed by atoms with Crippen LogP contribution in [-0.2, 0) is 13.2 Å². The molecule has 2 aliphatic rings. The third-order valence-corrected chi connectivity index (χ3v) is 5.76. The highest BCUT2D eigenvalue weighted by Gasteiger charge is 2.29. The fourth-order valence-electron chi connectivity index (χ4n) is 4.32. The Bertz CT molecular complexity index is 743. The largest absolute Gasteiger partial charge is 0.462 e. The Hall–Kier alpha value is -1.89. The molecule has 3 heterocycles. The highest BCUT2D eigenvalue weighted by atomic mass is 19.1. The lowest BCUT2D eigenvalue weighted by Crippen LogP contribution is -2.55. The molecule has 2 aromatic rings. The average molecular weight is 373 g/mol. The Morgan fingerprint density at radius 3 is 2.52 bits per heavy atom. The number of likely N-dealkylation sites (tertiary alicyclic amines) is 1. The van der Waals surface area contributed by atoms with Crippen LogP contribution in [0, 0.1) is 5.82 Å². The lowest BCUT2D eigenvalue weighted by molar-refractivity contribution is 0.0841. The molecular formula is C21H28FN3O2. The number of piperazine rings is 1. The average Bonchev–Trinajstić information content (AvgIpc) is 3.16. The van der Waals surface area contributed by atoms with E-state index in [9.17, 15) is 4.39 Å². The van der Waals surface area contributed by atoms with Crippen molar-refractivity contribution in [2.75, 3.05) is 44.2 Å². The second kappa shape index (κ2) is 8.42. The predicted octanol–water partition coefficient (Wildman–Crippen LogP) is 2.70. The number of anilines is 1. The fraction of sp³-hybridized carbons (Fsp3) is 0.524. The molecule has 2 fully saturated rings. The van der Waals surface area contributed by atoms with Gasteiger partial charge >= 0.3 is 0 Å². The molecule has 1 aromatic carbocycles. The predicted molar refractivity (Wildman–Crippen MR) is 103 cm³/mol. The second-order valence-electron chi connectivity index (χ2n) is 7.53. The summed E-state index contributed by atoms with van der Waals surface area (Å²) in [5, 5.41) is 9.15. The molecule has 0 saturated carbocycles. The second-order valence-corrected chi connectivity index (χ2v) is 7.53. The molecule has 2 aliphatic heterocycles. The van der Waals surface area contributed by atoms with Crippen LogP contribution in [0.1, 0.15) is 24.4 Å². The van der Waals surface area contributed by atoms with E-state index in [1.165, 1.54) is 18.9 Å². The first kappa shape index (κ1) is 18.5. The van der Waals surface area contributed by atoms with E-state index in [0.717, 1.165) is 57.3 Å². The molecule has 0 aliphatic carbocycles. The number of halogens is 1. The molecule has 4 rings (SSSR count). The first-order valence-corrected chi connectivity index (χ1v) is 9.87. The van der Waals surface area contributed by atoms with Gasteiger partial charge in [-0.05, 0) is 43.7 Å². The number of para-hydroxylation sites is 1. The molecule has 0 amide bonds. The normalized spacial score (nSPS) is 22.3. The molecular weight excluding hydrogens is 345 g/mol. The van der Waals surface area contributed by atoms with Crippen LogP contribution in [0.15, 0.2) is 40.8 Å². The number of nitrogens with zero attached hydrogens (tertiary/aromatic N) is 3. The van der Waals surface area contributed by atoms with Crippen LogP contribution >= 0.6 is 0 Å². The Morgan fingerprint density at radius 2 is 1.78 bits per heavy atom. The summed E-state index contributed by atoms with van der Waals surface area (Å²) >= 11 is 0. The SMILES string of the molecule is OCc1ccc(CN2CCC[C@@H](N3CCN(c4ccccc4F)CC3)C2)o1. The number of rotatable bonds is 5. The van der Waals surface area contributed by atoms with Gasteiger partial charge in [0.15, 0.2) is 0 Å². The van der Waals surface area contributed by atoms with Crippen molar-refractivity contribution in [2.45, 2.75) is 32.0 Å².